The first kappa shape index (κ1) is 21.5. The van der Waals surface area contributed by atoms with Crippen molar-refractivity contribution in [2.24, 2.45) is 0 Å². The third-order valence-corrected chi connectivity index (χ3v) is 2.92. The lowest BCUT2D eigenvalue weighted by atomic mass is 10.1. The summed E-state index contributed by atoms with van der Waals surface area (Å²) in [5, 5.41) is 16.0. The van der Waals surface area contributed by atoms with Crippen LogP contribution in [0.3, 0.4) is 0 Å². The van der Waals surface area contributed by atoms with E-state index in [-0.39, 0.29) is 0 Å². The number of unbranched alkanes of at least 4 members (excludes halogenated alkanes) is 9. The molecule has 3 heteroatoms. The van der Waals surface area contributed by atoms with Crippen molar-refractivity contribution in [3.63, 3.8) is 0 Å². The van der Waals surface area contributed by atoms with Gasteiger partial charge in [0, 0.05) is 13.5 Å². The van der Waals surface area contributed by atoms with E-state index in [4.69, 9.17) is 15.0 Å². The van der Waals surface area contributed by atoms with Crippen molar-refractivity contribution < 1.29 is 15.0 Å². The molecular formula is C17H34O3. The lowest BCUT2D eigenvalue weighted by Crippen LogP contribution is -1.83. The average molecular weight is 286 g/mol. The highest BCUT2D eigenvalue weighted by Crippen LogP contribution is 2.08. The van der Waals surface area contributed by atoms with E-state index < -0.39 is 5.97 Å². The summed E-state index contributed by atoms with van der Waals surface area (Å²) in [5.74, 6) is -0.833. The average Bonchev–Trinajstić information content (AvgIpc) is 2.39. The highest BCUT2D eigenvalue weighted by molar-refractivity contribution is 5.62. The van der Waals surface area contributed by atoms with Gasteiger partial charge in [-0.1, -0.05) is 57.6 Å². The van der Waals surface area contributed by atoms with Crippen LogP contribution >= 0.6 is 0 Å². The van der Waals surface area contributed by atoms with E-state index in [1.807, 2.05) is 0 Å². The standard InChI is InChI=1S/C15H30O.C2H4O2/c1-2-3-4-5-6-7-8-9-10-11-12-13-14-15-16;1-2(3)4/h6-7,16H,2-5,8-15H2,1H3;1H3,(H,3,4). The fourth-order valence-corrected chi connectivity index (χ4v) is 1.83. The lowest BCUT2D eigenvalue weighted by molar-refractivity contribution is -0.134. The molecule has 3 nitrogen and oxygen atoms in total. The molecule has 0 aliphatic rings. The summed E-state index contributed by atoms with van der Waals surface area (Å²) in [4.78, 5) is 9.00. The molecule has 20 heavy (non-hydrogen) atoms. The second-order valence-electron chi connectivity index (χ2n) is 5.12. The molecule has 0 unspecified atom stereocenters. The number of aliphatic hydroxyl groups is 1. The molecule has 0 aromatic heterocycles. The maximum Gasteiger partial charge on any atom is 0.300 e. The Balaban J connectivity index is 0. The van der Waals surface area contributed by atoms with E-state index in [1.54, 1.807) is 0 Å². The Hall–Kier alpha value is -0.830. The first-order chi connectivity index (χ1) is 9.65. The van der Waals surface area contributed by atoms with Gasteiger partial charge in [-0.05, 0) is 32.1 Å². The van der Waals surface area contributed by atoms with Gasteiger partial charge >= 0.3 is 0 Å². The highest BCUT2D eigenvalue weighted by Gasteiger charge is 1.89. The molecule has 2 N–H and O–H groups in total. The molecule has 0 saturated carbocycles. The Labute approximate surface area is 125 Å². The predicted molar refractivity (Wildman–Crippen MR) is 86.0 cm³/mol. The van der Waals surface area contributed by atoms with Gasteiger partial charge in [-0.25, -0.2) is 0 Å². The van der Waals surface area contributed by atoms with Crippen LogP contribution in [0.5, 0.6) is 0 Å². The van der Waals surface area contributed by atoms with Gasteiger partial charge in [0.15, 0.2) is 0 Å². The SMILES string of the molecule is CC(=O)O.CCCCCC=CCCCCCCCCO. The normalized spacial score (nSPS) is 10.3. The van der Waals surface area contributed by atoms with Crippen LogP contribution in [0.1, 0.15) is 84.5 Å². The first-order valence-corrected chi connectivity index (χ1v) is 8.10. The molecule has 120 valence electrons. The van der Waals surface area contributed by atoms with Crippen molar-refractivity contribution in [3.8, 4) is 0 Å². The molecule has 0 aromatic rings. The second kappa shape index (κ2) is 20.5. The third kappa shape index (κ3) is 30.3. The van der Waals surface area contributed by atoms with Crippen LogP contribution in [-0.2, 0) is 4.79 Å². The third-order valence-electron chi connectivity index (χ3n) is 2.92. The topological polar surface area (TPSA) is 57.5 Å². The summed E-state index contributed by atoms with van der Waals surface area (Å²) >= 11 is 0. The van der Waals surface area contributed by atoms with E-state index in [0.717, 1.165) is 13.3 Å². The van der Waals surface area contributed by atoms with E-state index >= 15 is 0 Å². The monoisotopic (exact) mass is 286 g/mol. The zero-order valence-electron chi connectivity index (χ0n) is 13.4. The molecule has 0 radical (unpaired) electrons. The quantitative estimate of drug-likeness (QED) is 0.395. The zero-order chi connectivity index (χ0) is 15.5. The summed E-state index contributed by atoms with van der Waals surface area (Å²) < 4.78 is 0. The van der Waals surface area contributed by atoms with Crippen LogP contribution in [0.2, 0.25) is 0 Å². The fourth-order valence-electron chi connectivity index (χ4n) is 1.83. The number of hydrogen-bond acceptors (Lipinski definition) is 2. The summed E-state index contributed by atoms with van der Waals surface area (Å²) in [5.41, 5.74) is 0. The van der Waals surface area contributed by atoms with Gasteiger partial charge in [-0.3, -0.25) is 4.79 Å². The van der Waals surface area contributed by atoms with Crippen LogP contribution in [-0.4, -0.2) is 22.8 Å². The van der Waals surface area contributed by atoms with Gasteiger partial charge < -0.3 is 10.2 Å². The number of aliphatic carboxylic acids is 1. The number of carbonyl (C=O) groups is 1. The molecule has 0 heterocycles. The van der Waals surface area contributed by atoms with E-state index in [2.05, 4.69) is 19.1 Å². The molecule has 0 aromatic carbocycles. The smallest absolute Gasteiger partial charge is 0.300 e. The summed E-state index contributed by atoms with van der Waals surface area (Å²) in [7, 11) is 0. The van der Waals surface area contributed by atoms with Gasteiger partial charge in [0.25, 0.3) is 5.97 Å². The van der Waals surface area contributed by atoms with Gasteiger partial charge in [0.2, 0.25) is 0 Å². The summed E-state index contributed by atoms with van der Waals surface area (Å²) in [6.45, 7) is 3.70. The molecule has 0 amide bonds. The van der Waals surface area contributed by atoms with Crippen LogP contribution in [0.15, 0.2) is 12.2 Å². The second-order valence-corrected chi connectivity index (χ2v) is 5.12. The molecule has 0 atom stereocenters. The lowest BCUT2D eigenvalue weighted by Gasteiger charge is -1.98. The maximum absolute atomic E-state index is 9.00. The largest absolute Gasteiger partial charge is 0.481 e. The summed E-state index contributed by atoms with van der Waals surface area (Å²) in [6, 6.07) is 0. The highest BCUT2D eigenvalue weighted by atomic mass is 16.4. The number of allylic oxidation sites excluding steroid dienone is 2. The minimum atomic E-state index is -0.833. The Morgan fingerprint density at radius 3 is 1.70 bits per heavy atom. The Bertz CT molecular complexity index is 208. The molecule has 0 aliphatic heterocycles. The van der Waals surface area contributed by atoms with E-state index in [1.165, 1.54) is 64.2 Å². The van der Waals surface area contributed by atoms with Crippen molar-refractivity contribution in [2.45, 2.75) is 84.5 Å². The van der Waals surface area contributed by atoms with Gasteiger partial charge in [-0.2, -0.15) is 0 Å². The fraction of sp³-hybridized carbons (Fsp3) is 0.824. The molecule has 0 bridgehead atoms. The molecule has 0 fully saturated rings. The van der Waals surface area contributed by atoms with Crippen molar-refractivity contribution in [3.05, 3.63) is 12.2 Å². The predicted octanol–water partition coefficient (Wildman–Crippen LogP) is 4.94. The van der Waals surface area contributed by atoms with Gasteiger partial charge in [0.1, 0.15) is 0 Å². The minimum Gasteiger partial charge on any atom is -0.481 e. The molecule has 0 spiro atoms. The van der Waals surface area contributed by atoms with Gasteiger partial charge in [-0.15, -0.1) is 0 Å². The number of hydrogen-bond donors (Lipinski definition) is 2. The van der Waals surface area contributed by atoms with Crippen LogP contribution in [0.25, 0.3) is 0 Å². The Morgan fingerprint density at radius 2 is 1.25 bits per heavy atom. The molecular weight excluding hydrogens is 252 g/mol. The number of rotatable bonds is 12. The van der Waals surface area contributed by atoms with Crippen molar-refractivity contribution in [1.29, 1.82) is 0 Å². The first-order valence-electron chi connectivity index (χ1n) is 8.10. The van der Waals surface area contributed by atoms with Crippen molar-refractivity contribution in [2.75, 3.05) is 6.61 Å². The van der Waals surface area contributed by atoms with Crippen LogP contribution in [0.4, 0.5) is 0 Å². The van der Waals surface area contributed by atoms with Crippen molar-refractivity contribution >= 4 is 5.97 Å². The summed E-state index contributed by atoms with van der Waals surface area (Å²) in [6.07, 6.45) is 18.8. The maximum atomic E-state index is 9.00. The Kier molecular flexibility index (Phi) is 22.0. The van der Waals surface area contributed by atoms with E-state index in [0.29, 0.717) is 6.61 Å². The number of aliphatic hydroxyl groups excluding tert-OH is 1. The molecule has 0 rings (SSSR count). The zero-order valence-corrected chi connectivity index (χ0v) is 13.4. The van der Waals surface area contributed by atoms with Crippen LogP contribution < -0.4 is 0 Å². The van der Waals surface area contributed by atoms with Crippen LogP contribution in [0, 0.1) is 0 Å². The molecule has 0 aliphatic carbocycles. The van der Waals surface area contributed by atoms with Crippen molar-refractivity contribution in [1.82, 2.24) is 0 Å². The van der Waals surface area contributed by atoms with E-state index in [9.17, 15) is 0 Å². The minimum absolute atomic E-state index is 0.362. The Morgan fingerprint density at radius 1 is 0.850 bits per heavy atom. The van der Waals surface area contributed by atoms with Gasteiger partial charge in [0.05, 0.1) is 0 Å². The molecule has 0 saturated heterocycles. The number of carboxylic acid groups (broad SMARTS) is 1. The number of carboxylic acids is 1.